The molecule has 0 aliphatic carbocycles. The number of hydrogen-bond acceptors (Lipinski definition) is 2. The lowest BCUT2D eigenvalue weighted by Gasteiger charge is -2.07. The number of phenols is 2. The van der Waals surface area contributed by atoms with E-state index in [0.717, 1.165) is 26.8 Å². The molecule has 0 atom stereocenters. The zero-order valence-corrected chi connectivity index (χ0v) is 27.9. The van der Waals surface area contributed by atoms with Gasteiger partial charge < -0.3 is 10.2 Å². The quantitative estimate of drug-likeness (QED) is 0.157. The van der Waals surface area contributed by atoms with Crippen LogP contribution in [0.25, 0.3) is 0 Å². The molecule has 144 valence electrons. The fraction of sp³-hybridized carbons (Fsp3) is 0. The van der Waals surface area contributed by atoms with Crippen LogP contribution in [0.1, 0.15) is 0 Å². The summed E-state index contributed by atoms with van der Waals surface area (Å²) < 4.78 is 7.25. The zero-order chi connectivity index (χ0) is 20.9. The first-order chi connectivity index (χ1) is 11.9. The second-order valence-corrected chi connectivity index (χ2v) is 11.8. The topological polar surface area (TPSA) is 40.5 Å². The molecule has 0 heterocycles. The predicted octanol–water partition coefficient (Wildman–Crippen LogP) is 11.2. The van der Waals surface area contributed by atoms with Crippen molar-refractivity contribution in [3.63, 3.8) is 0 Å². The standard InChI is InChI=1S/2C6HBr5O.C2H4/c2*7-1-2(8)4(10)6(12)5(11)3(1)9;1-2/h2*12H;1-2H2. The van der Waals surface area contributed by atoms with Crippen molar-refractivity contribution in [3.8, 4) is 11.5 Å². The van der Waals surface area contributed by atoms with E-state index in [-0.39, 0.29) is 11.5 Å². The van der Waals surface area contributed by atoms with Crippen LogP contribution in [0.15, 0.2) is 57.9 Å². The van der Waals surface area contributed by atoms with E-state index in [1.54, 1.807) is 0 Å². The van der Waals surface area contributed by atoms with Crippen LogP contribution in [0.3, 0.4) is 0 Å². The molecule has 2 nitrogen and oxygen atoms in total. The van der Waals surface area contributed by atoms with Gasteiger partial charge >= 0.3 is 0 Å². The van der Waals surface area contributed by atoms with Crippen molar-refractivity contribution in [2.75, 3.05) is 0 Å². The monoisotopic (exact) mass is 995 g/mol. The van der Waals surface area contributed by atoms with Crippen molar-refractivity contribution in [2.45, 2.75) is 0 Å². The van der Waals surface area contributed by atoms with Gasteiger partial charge in [0, 0.05) is 8.95 Å². The average Bonchev–Trinajstić information content (AvgIpc) is 2.66. The molecule has 0 saturated carbocycles. The van der Waals surface area contributed by atoms with Crippen LogP contribution in [-0.4, -0.2) is 10.2 Å². The number of phenolic OH excluding ortho intramolecular Hbond substituents is 2. The molecule has 0 amide bonds. The van der Waals surface area contributed by atoms with E-state index in [9.17, 15) is 10.2 Å². The van der Waals surface area contributed by atoms with Gasteiger partial charge in [-0.2, -0.15) is 0 Å². The van der Waals surface area contributed by atoms with E-state index >= 15 is 0 Å². The van der Waals surface area contributed by atoms with Gasteiger partial charge in [-0.05, 0) is 159 Å². The summed E-state index contributed by atoms with van der Waals surface area (Å²) in [5.41, 5.74) is 0. The molecule has 26 heavy (non-hydrogen) atoms. The van der Waals surface area contributed by atoms with Gasteiger partial charge in [-0.1, -0.05) is 0 Å². The summed E-state index contributed by atoms with van der Waals surface area (Å²) in [5.74, 6) is 0.328. The molecule has 0 aliphatic rings. The summed E-state index contributed by atoms with van der Waals surface area (Å²) in [7, 11) is 0. The number of rotatable bonds is 0. The van der Waals surface area contributed by atoms with E-state index < -0.39 is 0 Å². The predicted molar refractivity (Wildman–Crippen MR) is 144 cm³/mol. The third-order valence-electron chi connectivity index (χ3n) is 2.37. The van der Waals surface area contributed by atoms with Gasteiger partial charge in [-0.3, -0.25) is 0 Å². The average molecular weight is 1010 g/mol. The Labute approximate surface area is 235 Å². The molecule has 2 aromatic carbocycles. The summed E-state index contributed by atoms with van der Waals surface area (Å²) in [6, 6.07) is 0. The minimum atomic E-state index is 0.164. The van der Waals surface area contributed by atoms with Crippen LogP contribution >= 0.6 is 159 Å². The molecule has 0 aliphatic heterocycles. The molecule has 0 spiro atoms. The summed E-state index contributed by atoms with van der Waals surface area (Å²) in [4.78, 5) is 0. The van der Waals surface area contributed by atoms with Crippen LogP contribution < -0.4 is 0 Å². The smallest absolute Gasteiger partial charge is 0.146 e. The highest BCUT2D eigenvalue weighted by atomic mass is 79.9. The third-order valence-corrected chi connectivity index (χ3v) is 14.5. The third kappa shape index (κ3) is 6.80. The molecule has 2 rings (SSSR count). The van der Waals surface area contributed by atoms with Crippen molar-refractivity contribution in [1.82, 2.24) is 0 Å². The summed E-state index contributed by atoms with van der Waals surface area (Å²) in [6.45, 7) is 6.00. The van der Waals surface area contributed by atoms with Crippen molar-refractivity contribution >= 4 is 159 Å². The minimum Gasteiger partial charge on any atom is -0.505 e. The van der Waals surface area contributed by atoms with Gasteiger partial charge in [0.25, 0.3) is 0 Å². The van der Waals surface area contributed by atoms with E-state index in [4.69, 9.17) is 0 Å². The molecule has 0 fully saturated rings. The fourth-order valence-electron chi connectivity index (χ4n) is 1.19. The first kappa shape index (κ1) is 28.6. The Morgan fingerprint density at radius 3 is 0.615 bits per heavy atom. The Balaban J connectivity index is 0.000000439. The van der Waals surface area contributed by atoms with Crippen LogP contribution in [0.4, 0.5) is 0 Å². The number of benzene rings is 2. The molecule has 0 saturated heterocycles. The Kier molecular flexibility index (Phi) is 14.4. The highest BCUT2D eigenvalue weighted by Gasteiger charge is 2.17. The van der Waals surface area contributed by atoms with E-state index in [1.807, 2.05) is 0 Å². The van der Waals surface area contributed by atoms with Crippen LogP contribution in [0, 0.1) is 0 Å². The lowest BCUT2D eigenvalue weighted by Crippen LogP contribution is -1.80. The molecule has 0 radical (unpaired) electrons. The van der Waals surface area contributed by atoms with Crippen molar-refractivity contribution < 1.29 is 10.2 Å². The first-order valence-corrected chi connectivity index (χ1v) is 13.8. The largest absolute Gasteiger partial charge is 0.505 e. The Bertz CT molecular complexity index is 545. The zero-order valence-electron chi connectivity index (χ0n) is 12.1. The van der Waals surface area contributed by atoms with Gasteiger partial charge in [0.05, 0.1) is 35.8 Å². The number of hydrogen-bond donors (Lipinski definition) is 2. The van der Waals surface area contributed by atoms with E-state index in [2.05, 4.69) is 172 Å². The van der Waals surface area contributed by atoms with Gasteiger partial charge in [-0.15, -0.1) is 13.2 Å². The van der Waals surface area contributed by atoms with Crippen molar-refractivity contribution in [2.24, 2.45) is 0 Å². The summed E-state index contributed by atoms with van der Waals surface area (Å²) >= 11 is 32.9. The highest BCUT2D eigenvalue weighted by Crippen LogP contribution is 2.48. The molecular weight excluding hydrogens is 999 g/mol. The van der Waals surface area contributed by atoms with Crippen LogP contribution in [0.2, 0.25) is 0 Å². The van der Waals surface area contributed by atoms with E-state index in [0.29, 0.717) is 17.9 Å². The highest BCUT2D eigenvalue weighted by molar-refractivity contribution is 9.16. The van der Waals surface area contributed by atoms with E-state index in [1.165, 1.54) is 0 Å². The molecule has 0 aromatic heterocycles. The first-order valence-electron chi connectivity index (χ1n) is 5.84. The molecular formula is C14H6Br10O2. The van der Waals surface area contributed by atoms with Gasteiger partial charge in [0.2, 0.25) is 0 Å². The SMILES string of the molecule is C=C.Oc1c(Br)c(Br)c(Br)c(Br)c1Br.Oc1c(Br)c(Br)c(Br)c(Br)c1Br. The lowest BCUT2D eigenvalue weighted by atomic mass is 10.3. The minimum absolute atomic E-state index is 0.164. The van der Waals surface area contributed by atoms with Crippen molar-refractivity contribution in [1.29, 1.82) is 0 Å². The van der Waals surface area contributed by atoms with Gasteiger partial charge in [0.15, 0.2) is 0 Å². The molecule has 2 aromatic rings. The van der Waals surface area contributed by atoms with Gasteiger partial charge in [0.1, 0.15) is 11.5 Å². The number of halogens is 10. The maximum atomic E-state index is 9.52. The van der Waals surface area contributed by atoms with Gasteiger partial charge in [-0.25, -0.2) is 0 Å². The molecule has 12 heteroatoms. The van der Waals surface area contributed by atoms with Crippen molar-refractivity contribution in [3.05, 3.63) is 57.9 Å². The molecule has 0 bridgehead atoms. The second-order valence-electron chi connectivity index (χ2n) is 3.84. The molecule has 2 N–H and O–H groups in total. The fourth-order valence-corrected chi connectivity index (χ4v) is 7.24. The lowest BCUT2D eigenvalue weighted by molar-refractivity contribution is 0.466. The Hall–Kier alpha value is 2.58. The summed E-state index contributed by atoms with van der Waals surface area (Å²) in [6.07, 6.45) is 0. The maximum Gasteiger partial charge on any atom is 0.146 e. The Morgan fingerprint density at radius 2 is 0.462 bits per heavy atom. The van der Waals surface area contributed by atoms with Crippen LogP contribution in [-0.2, 0) is 0 Å². The second kappa shape index (κ2) is 13.1. The normalized spacial score (nSPS) is 9.77. The number of aromatic hydroxyl groups is 2. The maximum absolute atomic E-state index is 9.52. The summed E-state index contributed by atoms with van der Waals surface area (Å²) in [5, 5.41) is 19.0. The Morgan fingerprint density at radius 1 is 0.346 bits per heavy atom. The van der Waals surface area contributed by atoms with Crippen LogP contribution in [0.5, 0.6) is 11.5 Å². The molecule has 0 unspecified atom stereocenters.